The van der Waals surface area contributed by atoms with Crippen LogP contribution in [-0.4, -0.2) is 47.8 Å². The van der Waals surface area contributed by atoms with Gasteiger partial charge in [0.1, 0.15) is 0 Å². The van der Waals surface area contributed by atoms with Gasteiger partial charge >= 0.3 is 0 Å². The zero-order valence-electron chi connectivity index (χ0n) is 14.6. The maximum Gasteiger partial charge on any atom is 0.253 e. The molecule has 0 saturated carbocycles. The van der Waals surface area contributed by atoms with Crippen molar-refractivity contribution in [2.75, 3.05) is 26.2 Å². The van der Waals surface area contributed by atoms with E-state index in [1.54, 1.807) is 29.2 Å². The van der Waals surface area contributed by atoms with Crippen LogP contribution in [0.1, 0.15) is 27.9 Å². The fraction of sp³-hybridized carbons (Fsp3) is 0.286. The Hall–Kier alpha value is -3.13. The van der Waals surface area contributed by atoms with Crippen molar-refractivity contribution in [3.8, 4) is 6.07 Å². The van der Waals surface area contributed by atoms with E-state index in [2.05, 4.69) is 6.07 Å². The lowest BCUT2D eigenvalue weighted by Gasteiger charge is -2.22. The van der Waals surface area contributed by atoms with Crippen molar-refractivity contribution in [1.82, 2.24) is 9.80 Å². The molecule has 1 heterocycles. The Kier molecular flexibility index (Phi) is 5.65. The van der Waals surface area contributed by atoms with Gasteiger partial charge < -0.3 is 9.80 Å². The molecule has 132 valence electrons. The van der Waals surface area contributed by atoms with E-state index in [0.29, 0.717) is 43.7 Å². The zero-order chi connectivity index (χ0) is 18.4. The molecule has 0 radical (unpaired) electrons. The molecule has 0 spiro atoms. The highest BCUT2D eigenvalue weighted by Crippen LogP contribution is 2.12. The van der Waals surface area contributed by atoms with E-state index in [1.807, 2.05) is 35.2 Å². The third-order valence-electron chi connectivity index (χ3n) is 4.57. The summed E-state index contributed by atoms with van der Waals surface area (Å²) in [5.74, 6) is 0.0106. The van der Waals surface area contributed by atoms with Crippen LogP contribution in [0, 0.1) is 11.3 Å². The molecule has 1 aliphatic heterocycles. The smallest absolute Gasteiger partial charge is 0.253 e. The minimum Gasteiger partial charge on any atom is -0.341 e. The van der Waals surface area contributed by atoms with Crippen molar-refractivity contribution in [3.05, 3.63) is 71.3 Å². The Morgan fingerprint density at radius 3 is 2.42 bits per heavy atom. The van der Waals surface area contributed by atoms with Crippen LogP contribution in [0.3, 0.4) is 0 Å². The average Bonchev–Trinajstić information content (AvgIpc) is 2.94. The minimum atomic E-state index is -0.0838. The lowest BCUT2D eigenvalue weighted by molar-refractivity contribution is -0.130. The van der Waals surface area contributed by atoms with Crippen LogP contribution < -0.4 is 0 Å². The van der Waals surface area contributed by atoms with E-state index in [-0.39, 0.29) is 11.8 Å². The molecule has 0 bridgehead atoms. The van der Waals surface area contributed by atoms with Crippen LogP contribution in [0.25, 0.3) is 0 Å². The Morgan fingerprint density at radius 2 is 1.65 bits per heavy atom. The third-order valence-corrected chi connectivity index (χ3v) is 4.57. The van der Waals surface area contributed by atoms with Gasteiger partial charge in [0.25, 0.3) is 5.91 Å². The van der Waals surface area contributed by atoms with Crippen LogP contribution in [0.2, 0.25) is 0 Å². The fourth-order valence-electron chi connectivity index (χ4n) is 3.16. The van der Waals surface area contributed by atoms with Gasteiger partial charge in [-0.2, -0.15) is 5.26 Å². The molecule has 2 aromatic carbocycles. The van der Waals surface area contributed by atoms with Crippen LogP contribution >= 0.6 is 0 Å². The number of amides is 2. The van der Waals surface area contributed by atoms with Gasteiger partial charge in [-0.3, -0.25) is 9.59 Å². The Labute approximate surface area is 153 Å². The van der Waals surface area contributed by atoms with Gasteiger partial charge in [0.2, 0.25) is 5.91 Å². The number of carbonyl (C=O) groups is 2. The summed E-state index contributed by atoms with van der Waals surface area (Å²) in [4.78, 5) is 28.8. The molecule has 1 fully saturated rings. The lowest BCUT2D eigenvalue weighted by Crippen LogP contribution is -2.38. The number of hydrogen-bond donors (Lipinski definition) is 0. The number of carbonyl (C=O) groups excluding carboxylic acids is 2. The quantitative estimate of drug-likeness (QED) is 0.857. The largest absolute Gasteiger partial charge is 0.341 e. The second-order valence-corrected chi connectivity index (χ2v) is 6.38. The summed E-state index contributed by atoms with van der Waals surface area (Å²) < 4.78 is 0. The zero-order valence-corrected chi connectivity index (χ0v) is 14.6. The van der Waals surface area contributed by atoms with E-state index in [1.165, 1.54) is 0 Å². The van der Waals surface area contributed by atoms with Crippen molar-refractivity contribution >= 4 is 11.8 Å². The molecule has 2 amide bonds. The topological polar surface area (TPSA) is 64.4 Å². The number of nitriles is 1. The number of benzene rings is 2. The van der Waals surface area contributed by atoms with E-state index in [0.717, 1.165) is 12.0 Å². The molecule has 0 N–H and O–H groups in total. The predicted molar refractivity (Wildman–Crippen MR) is 98.4 cm³/mol. The summed E-state index contributed by atoms with van der Waals surface area (Å²) in [5, 5.41) is 9.00. The highest BCUT2D eigenvalue weighted by atomic mass is 16.2. The van der Waals surface area contributed by atoms with Crippen molar-refractivity contribution < 1.29 is 9.59 Å². The molecule has 1 aliphatic rings. The standard InChI is InChI=1S/C21H21N3O2/c22-16-18-8-4-9-19(14-18)21(26)24-11-5-10-23(12-13-24)20(25)15-17-6-2-1-3-7-17/h1-4,6-9,14H,5,10-13,15H2. The van der Waals surface area contributed by atoms with E-state index in [9.17, 15) is 9.59 Å². The van der Waals surface area contributed by atoms with Gasteiger partial charge in [-0.1, -0.05) is 36.4 Å². The molecule has 0 atom stereocenters. The van der Waals surface area contributed by atoms with Crippen molar-refractivity contribution in [2.24, 2.45) is 0 Å². The molecular formula is C21H21N3O2. The maximum atomic E-state index is 12.7. The van der Waals surface area contributed by atoms with Crippen LogP contribution in [-0.2, 0) is 11.2 Å². The Balaban J connectivity index is 1.61. The lowest BCUT2D eigenvalue weighted by atomic mass is 10.1. The van der Waals surface area contributed by atoms with Gasteiger partial charge in [-0.25, -0.2) is 0 Å². The Bertz CT molecular complexity index is 827. The normalized spacial score (nSPS) is 14.4. The number of hydrogen-bond acceptors (Lipinski definition) is 3. The monoisotopic (exact) mass is 347 g/mol. The summed E-state index contributed by atoms with van der Waals surface area (Å²) in [6.45, 7) is 2.32. The summed E-state index contributed by atoms with van der Waals surface area (Å²) in [6, 6.07) is 18.5. The highest BCUT2D eigenvalue weighted by Gasteiger charge is 2.23. The summed E-state index contributed by atoms with van der Waals surface area (Å²) >= 11 is 0. The molecule has 0 aromatic heterocycles. The van der Waals surface area contributed by atoms with E-state index < -0.39 is 0 Å². The molecular weight excluding hydrogens is 326 g/mol. The van der Waals surface area contributed by atoms with Crippen LogP contribution in [0.5, 0.6) is 0 Å². The molecule has 5 heteroatoms. The van der Waals surface area contributed by atoms with Crippen LogP contribution in [0.4, 0.5) is 0 Å². The molecule has 2 aromatic rings. The molecule has 5 nitrogen and oxygen atoms in total. The Morgan fingerprint density at radius 1 is 0.923 bits per heavy atom. The molecule has 1 saturated heterocycles. The first kappa shape index (κ1) is 17.7. The molecule has 0 unspecified atom stereocenters. The maximum absolute atomic E-state index is 12.7. The summed E-state index contributed by atoms with van der Waals surface area (Å²) in [5.41, 5.74) is 2.00. The van der Waals surface area contributed by atoms with Gasteiger partial charge in [0.05, 0.1) is 18.1 Å². The minimum absolute atomic E-state index is 0.0838. The van der Waals surface area contributed by atoms with Crippen molar-refractivity contribution in [1.29, 1.82) is 5.26 Å². The van der Waals surface area contributed by atoms with E-state index >= 15 is 0 Å². The number of rotatable bonds is 3. The van der Waals surface area contributed by atoms with Crippen molar-refractivity contribution in [2.45, 2.75) is 12.8 Å². The fourth-order valence-corrected chi connectivity index (χ4v) is 3.16. The van der Waals surface area contributed by atoms with Gasteiger partial charge in [-0.15, -0.1) is 0 Å². The summed E-state index contributed by atoms with van der Waals surface area (Å²) in [7, 11) is 0. The van der Waals surface area contributed by atoms with Crippen molar-refractivity contribution in [3.63, 3.8) is 0 Å². The van der Waals surface area contributed by atoms with E-state index in [4.69, 9.17) is 5.26 Å². The second-order valence-electron chi connectivity index (χ2n) is 6.38. The van der Waals surface area contributed by atoms with Gasteiger partial charge in [0.15, 0.2) is 0 Å². The first-order valence-electron chi connectivity index (χ1n) is 8.78. The predicted octanol–water partition coefficient (Wildman–Crippen LogP) is 2.48. The molecule has 0 aliphatic carbocycles. The van der Waals surface area contributed by atoms with Gasteiger partial charge in [0, 0.05) is 31.7 Å². The van der Waals surface area contributed by atoms with Gasteiger partial charge in [-0.05, 0) is 30.2 Å². The third kappa shape index (κ3) is 4.28. The highest BCUT2D eigenvalue weighted by molar-refractivity contribution is 5.94. The first-order chi connectivity index (χ1) is 12.7. The molecule has 26 heavy (non-hydrogen) atoms. The summed E-state index contributed by atoms with van der Waals surface area (Å²) in [6.07, 6.45) is 1.14. The molecule has 3 rings (SSSR count). The first-order valence-corrected chi connectivity index (χ1v) is 8.78. The second kappa shape index (κ2) is 8.30. The SMILES string of the molecule is N#Cc1cccc(C(=O)N2CCCN(C(=O)Cc3ccccc3)CC2)c1. The number of nitrogens with zero attached hydrogens (tertiary/aromatic N) is 3. The average molecular weight is 347 g/mol. The van der Waals surface area contributed by atoms with Crippen LogP contribution in [0.15, 0.2) is 54.6 Å².